The Morgan fingerprint density at radius 1 is 1.06 bits per heavy atom. The summed E-state index contributed by atoms with van der Waals surface area (Å²) in [6.45, 7) is 3.27. The van der Waals surface area contributed by atoms with Gasteiger partial charge in [0.05, 0.1) is 19.1 Å². The van der Waals surface area contributed by atoms with Crippen LogP contribution in [-0.2, 0) is 17.8 Å². The topological polar surface area (TPSA) is 44.8 Å². The first kappa shape index (κ1) is 21.5. The van der Waals surface area contributed by atoms with Crippen molar-refractivity contribution in [3.63, 3.8) is 0 Å². The highest BCUT2D eigenvalue weighted by molar-refractivity contribution is 5.94. The Bertz CT molecular complexity index is 1130. The summed E-state index contributed by atoms with van der Waals surface area (Å²) in [4.78, 5) is 18.3. The maximum absolute atomic E-state index is 13.5. The van der Waals surface area contributed by atoms with Crippen LogP contribution in [0.4, 0.5) is 15.8 Å². The largest absolute Gasteiger partial charge is 0.497 e. The van der Waals surface area contributed by atoms with Crippen LogP contribution in [0.25, 0.3) is 0 Å². The van der Waals surface area contributed by atoms with Gasteiger partial charge in [-0.15, -0.1) is 0 Å². The SMILES string of the molecule is COc1cccc(NC(=O)C2Cc3ccccc3N3CCN(Cc4ccc(F)cc4)CC23)c1. The van der Waals surface area contributed by atoms with Gasteiger partial charge in [-0.25, -0.2) is 4.39 Å². The minimum Gasteiger partial charge on any atom is -0.497 e. The lowest BCUT2D eigenvalue weighted by Gasteiger charge is -2.49. The van der Waals surface area contributed by atoms with Crippen LogP contribution in [0.5, 0.6) is 5.75 Å². The Hall–Kier alpha value is -3.38. The maximum Gasteiger partial charge on any atom is 0.229 e. The van der Waals surface area contributed by atoms with Crippen molar-refractivity contribution in [2.75, 3.05) is 37.0 Å². The number of halogens is 1. The second kappa shape index (κ2) is 9.24. The highest BCUT2D eigenvalue weighted by Crippen LogP contribution is 2.36. The Balaban J connectivity index is 1.38. The van der Waals surface area contributed by atoms with Crippen LogP contribution < -0.4 is 15.0 Å². The van der Waals surface area contributed by atoms with Crippen molar-refractivity contribution < 1.29 is 13.9 Å². The molecule has 170 valence electrons. The van der Waals surface area contributed by atoms with Gasteiger partial charge < -0.3 is 15.0 Å². The molecule has 0 saturated carbocycles. The van der Waals surface area contributed by atoms with E-state index >= 15 is 0 Å². The van der Waals surface area contributed by atoms with Crippen LogP contribution in [0.1, 0.15) is 11.1 Å². The van der Waals surface area contributed by atoms with Gasteiger partial charge in [0, 0.05) is 43.6 Å². The molecule has 3 aromatic rings. The lowest BCUT2D eigenvalue weighted by atomic mass is 9.83. The first-order valence-electron chi connectivity index (χ1n) is 11.4. The molecule has 2 aliphatic rings. The van der Waals surface area contributed by atoms with E-state index in [-0.39, 0.29) is 23.7 Å². The predicted octanol–water partition coefficient (Wildman–Crippen LogP) is 4.34. The predicted molar refractivity (Wildman–Crippen MR) is 128 cm³/mol. The number of fused-ring (bicyclic) bond motifs is 3. The highest BCUT2D eigenvalue weighted by Gasteiger charge is 2.41. The van der Waals surface area contributed by atoms with Gasteiger partial charge in [-0.05, 0) is 47.9 Å². The summed E-state index contributed by atoms with van der Waals surface area (Å²) in [7, 11) is 1.62. The molecule has 0 aromatic heterocycles. The van der Waals surface area contributed by atoms with E-state index in [1.165, 1.54) is 23.4 Å². The van der Waals surface area contributed by atoms with Crippen molar-refractivity contribution in [1.29, 1.82) is 0 Å². The summed E-state index contributed by atoms with van der Waals surface area (Å²) in [5.74, 6) is 0.340. The number of rotatable bonds is 5. The quantitative estimate of drug-likeness (QED) is 0.635. The van der Waals surface area contributed by atoms with Gasteiger partial charge in [0.15, 0.2) is 0 Å². The fourth-order valence-corrected chi connectivity index (χ4v) is 5.04. The third-order valence-electron chi connectivity index (χ3n) is 6.70. The van der Waals surface area contributed by atoms with Crippen molar-refractivity contribution in [1.82, 2.24) is 4.90 Å². The average Bonchev–Trinajstić information content (AvgIpc) is 2.85. The number of methoxy groups -OCH3 is 1. The Morgan fingerprint density at radius 2 is 1.88 bits per heavy atom. The number of ether oxygens (including phenoxy) is 1. The molecule has 0 bridgehead atoms. The lowest BCUT2D eigenvalue weighted by molar-refractivity contribution is -0.121. The molecule has 2 heterocycles. The zero-order valence-corrected chi connectivity index (χ0v) is 18.7. The van der Waals surface area contributed by atoms with Crippen molar-refractivity contribution >= 4 is 17.3 Å². The van der Waals surface area contributed by atoms with Crippen molar-refractivity contribution in [3.05, 3.63) is 89.7 Å². The fourth-order valence-electron chi connectivity index (χ4n) is 5.04. The molecule has 1 fully saturated rings. The van der Waals surface area contributed by atoms with E-state index in [1.54, 1.807) is 7.11 Å². The second-order valence-corrected chi connectivity index (χ2v) is 8.78. The van der Waals surface area contributed by atoms with Gasteiger partial charge in [0.25, 0.3) is 0 Å². The fraction of sp³-hybridized carbons (Fsp3) is 0.296. The molecule has 1 N–H and O–H groups in total. The molecule has 5 rings (SSSR count). The number of nitrogens with one attached hydrogen (secondary N) is 1. The third kappa shape index (κ3) is 4.57. The average molecular weight is 446 g/mol. The number of benzene rings is 3. The lowest BCUT2D eigenvalue weighted by Crippen LogP contribution is -2.60. The molecule has 1 saturated heterocycles. The van der Waals surface area contributed by atoms with Gasteiger partial charge in [-0.2, -0.15) is 0 Å². The summed E-state index contributed by atoms with van der Waals surface area (Å²) >= 11 is 0. The molecular weight excluding hydrogens is 417 g/mol. The molecule has 0 radical (unpaired) electrons. The van der Waals surface area contributed by atoms with E-state index in [4.69, 9.17) is 4.74 Å². The summed E-state index contributed by atoms with van der Waals surface area (Å²) in [5.41, 5.74) is 4.27. The summed E-state index contributed by atoms with van der Waals surface area (Å²) in [6.07, 6.45) is 0.706. The molecule has 6 heteroatoms. The van der Waals surface area contributed by atoms with Crippen LogP contribution in [0, 0.1) is 11.7 Å². The first-order valence-corrected chi connectivity index (χ1v) is 11.4. The van der Waals surface area contributed by atoms with E-state index in [2.05, 4.69) is 33.3 Å². The molecular formula is C27H28FN3O2. The van der Waals surface area contributed by atoms with E-state index < -0.39 is 0 Å². The number of hydrogen-bond acceptors (Lipinski definition) is 4. The zero-order valence-electron chi connectivity index (χ0n) is 18.7. The van der Waals surface area contributed by atoms with Crippen LogP contribution in [-0.4, -0.2) is 43.6 Å². The van der Waals surface area contributed by atoms with Gasteiger partial charge in [-0.3, -0.25) is 9.69 Å². The molecule has 0 spiro atoms. The molecule has 0 aliphatic carbocycles. The van der Waals surface area contributed by atoms with E-state index in [1.807, 2.05) is 42.5 Å². The summed E-state index contributed by atoms with van der Waals surface area (Å²) in [5, 5.41) is 3.12. The number of anilines is 2. The number of carbonyl (C=O) groups excluding carboxylic acids is 1. The minimum atomic E-state index is -0.221. The molecule has 2 unspecified atom stereocenters. The van der Waals surface area contributed by atoms with Gasteiger partial charge in [0.2, 0.25) is 5.91 Å². The Morgan fingerprint density at radius 3 is 2.70 bits per heavy atom. The second-order valence-electron chi connectivity index (χ2n) is 8.78. The standard InChI is InChI=1S/C27H28FN3O2/c1-33-23-7-4-6-22(16-23)29-27(32)24-15-20-5-2-3-8-25(20)31-14-13-30(18-26(24)31)17-19-9-11-21(28)12-10-19/h2-12,16,24,26H,13-15,17-18H2,1H3,(H,29,32). The summed E-state index contributed by atoms with van der Waals surface area (Å²) < 4.78 is 18.6. The monoisotopic (exact) mass is 445 g/mol. The minimum absolute atomic E-state index is 0.0244. The van der Waals surface area contributed by atoms with Gasteiger partial charge >= 0.3 is 0 Å². The number of amides is 1. The Kier molecular flexibility index (Phi) is 6.01. The first-order chi connectivity index (χ1) is 16.1. The normalized spacial score (nSPS) is 20.0. The van der Waals surface area contributed by atoms with E-state index in [9.17, 15) is 9.18 Å². The number of carbonyl (C=O) groups is 1. The number of nitrogens with zero attached hydrogens (tertiary/aromatic N) is 2. The van der Waals surface area contributed by atoms with Gasteiger partial charge in [0.1, 0.15) is 11.6 Å². The highest BCUT2D eigenvalue weighted by atomic mass is 19.1. The van der Waals surface area contributed by atoms with Crippen LogP contribution in [0.2, 0.25) is 0 Å². The van der Waals surface area contributed by atoms with Crippen LogP contribution in [0.15, 0.2) is 72.8 Å². The molecule has 1 amide bonds. The molecule has 2 atom stereocenters. The smallest absolute Gasteiger partial charge is 0.229 e. The molecule has 33 heavy (non-hydrogen) atoms. The van der Waals surface area contributed by atoms with Crippen LogP contribution in [0.3, 0.4) is 0 Å². The third-order valence-corrected chi connectivity index (χ3v) is 6.70. The Labute approximate surface area is 193 Å². The number of piperazine rings is 1. The van der Waals surface area contributed by atoms with Crippen molar-refractivity contribution in [2.24, 2.45) is 5.92 Å². The van der Waals surface area contributed by atoms with Crippen LogP contribution >= 0.6 is 0 Å². The van der Waals surface area contributed by atoms with Crippen molar-refractivity contribution in [3.8, 4) is 5.75 Å². The molecule has 5 nitrogen and oxygen atoms in total. The van der Waals surface area contributed by atoms with E-state index in [0.29, 0.717) is 12.2 Å². The maximum atomic E-state index is 13.5. The zero-order chi connectivity index (χ0) is 22.8. The molecule has 3 aromatic carbocycles. The number of hydrogen-bond donors (Lipinski definition) is 1. The van der Waals surface area contributed by atoms with Gasteiger partial charge in [-0.1, -0.05) is 36.4 Å². The van der Waals surface area contributed by atoms with Crippen molar-refractivity contribution in [2.45, 2.75) is 19.0 Å². The van der Waals surface area contributed by atoms with E-state index in [0.717, 1.165) is 37.4 Å². The summed E-state index contributed by atoms with van der Waals surface area (Å²) in [6, 6.07) is 22.6. The number of para-hydroxylation sites is 1. The molecule has 2 aliphatic heterocycles.